The Bertz CT molecular complexity index is 824. The lowest BCUT2D eigenvalue weighted by molar-refractivity contribution is -0.149. The molecule has 7 heteroatoms. The van der Waals surface area contributed by atoms with Crippen molar-refractivity contribution in [1.82, 2.24) is 14.7 Å². The topological polar surface area (TPSA) is 89.8 Å². The molecule has 2 rings (SSSR count). The molecule has 0 saturated carbocycles. The van der Waals surface area contributed by atoms with Gasteiger partial charge in [-0.25, -0.2) is 9.78 Å². The highest BCUT2D eigenvalue weighted by molar-refractivity contribution is 5.97. The molecular weight excluding hydrogens is 298 g/mol. The molecule has 7 nitrogen and oxygen atoms in total. The SMILES string of the molecule is CCOC(=O)C(C)(C)NC(=O)c1cnc2cccc(C)n2c1=O. The van der Waals surface area contributed by atoms with Gasteiger partial charge in [0.2, 0.25) is 0 Å². The highest BCUT2D eigenvalue weighted by atomic mass is 16.5. The van der Waals surface area contributed by atoms with E-state index in [9.17, 15) is 14.4 Å². The fourth-order valence-electron chi connectivity index (χ4n) is 2.14. The largest absolute Gasteiger partial charge is 0.464 e. The van der Waals surface area contributed by atoms with Crippen molar-refractivity contribution < 1.29 is 14.3 Å². The maximum Gasteiger partial charge on any atom is 0.331 e. The fraction of sp³-hybridized carbons (Fsp3) is 0.375. The first-order chi connectivity index (χ1) is 10.8. The van der Waals surface area contributed by atoms with E-state index in [2.05, 4.69) is 10.3 Å². The van der Waals surface area contributed by atoms with Gasteiger partial charge in [-0.2, -0.15) is 0 Å². The third kappa shape index (κ3) is 3.23. The number of fused-ring (bicyclic) bond motifs is 1. The molecule has 0 saturated heterocycles. The molecule has 0 aliphatic carbocycles. The molecule has 1 amide bonds. The molecule has 0 bridgehead atoms. The zero-order chi connectivity index (χ0) is 17.2. The van der Waals surface area contributed by atoms with Crippen molar-refractivity contribution in [3.8, 4) is 0 Å². The summed E-state index contributed by atoms with van der Waals surface area (Å²) in [6.07, 6.45) is 1.22. The molecule has 122 valence electrons. The summed E-state index contributed by atoms with van der Waals surface area (Å²) >= 11 is 0. The molecule has 2 aromatic rings. The molecule has 0 aromatic carbocycles. The highest BCUT2D eigenvalue weighted by Crippen LogP contribution is 2.08. The average molecular weight is 317 g/mol. The van der Waals surface area contributed by atoms with Gasteiger partial charge in [-0.3, -0.25) is 14.0 Å². The summed E-state index contributed by atoms with van der Waals surface area (Å²) in [5.74, 6) is -1.24. The summed E-state index contributed by atoms with van der Waals surface area (Å²) in [5, 5.41) is 2.52. The van der Waals surface area contributed by atoms with Gasteiger partial charge in [0.15, 0.2) is 0 Å². The lowest BCUT2D eigenvalue weighted by atomic mass is 10.1. The van der Waals surface area contributed by atoms with Crippen LogP contribution in [0, 0.1) is 6.92 Å². The lowest BCUT2D eigenvalue weighted by Crippen LogP contribution is -2.51. The molecule has 0 atom stereocenters. The number of pyridine rings is 1. The predicted octanol–water partition coefficient (Wildman–Crippen LogP) is 1.07. The van der Waals surface area contributed by atoms with Gasteiger partial charge in [-0.15, -0.1) is 0 Å². The van der Waals surface area contributed by atoms with E-state index in [0.29, 0.717) is 11.3 Å². The van der Waals surface area contributed by atoms with Crippen LogP contribution in [0.5, 0.6) is 0 Å². The van der Waals surface area contributed by atoms with Gasteiger partial charge < -0.3 is 10.1 Å². The Kier molecular flexibility index (Phi) is 4.49. The highest BCUT2D eigenvalue weighted by Gasteiger charge is 2.32. The normalized spacial score (nSPS) is 11.3. The quantitative estimate of drug-likeness (QED) is 0.852. The van der Waals surface area contributed by atoms with Crippen molar-refractivity contribution in [2.75, 3.05) is 6.61 Å². The van der Waals surface area contributed by atoms with Gasteiger partial charge >= 0.3 is 5.97 Å². The van der Waals surface area contributed by atoms with Crippen LogP contribution in [0.4, 0.5) is 0 Å². The van der Waals surface area contributed by atoms with Crippen LogP contribution in [0.3, 0.4) is 0 Å². The first-order valence-corrected chi connectivity index (χ1v) is 7.25. The van der Waals surface area contributed by atoms with Gasteiger partial charge in [-0.05, 0) is 39.8 Å². The second kappa shape index (κ2) is 6.20. The number of rotatable bonds is 4. The molecule has 0 aliphatic rings. The molecule has 0 unspecified atom stereocenters. The van der Waals surface area contributed by atoms with Crippen molar-refractivity contribution in [1.29, 1.82) is 0 Å². The number of carbonyl (C=O) groups is 2. The summed E-state index contributed by atoms with van der Waals surface area (Å²) in [4.78, 5) is 40.9. The van der Waals surface area contributed by atoms with Crippen molar-refractivity contribution >= 4 is 17.5 Å². The molecule has 2 heterocycles. The molecule has 0 radical (unpaired) electrons. The Labute approximate surface area is 133 Å². The maximum absolute atomic E-state index is 12.5. The van der Waals surface area contributed by atoms with Crippen LogP contribution < -0.4 is 10.9 Å². The van der Waals surface area contributed by atoms with Crippen LogP contribution in [0.2, 0.25) is 0 Å². The van der Waals surface area contributed by atoms with Gasteiger partial charge in [0.1, 0.15) is 16.7 Å². The smallest absolute Gasteiger partial charge is 0.331 e. The Morgan fingerprint density at radius 3 is 2.70 bits per heavy atom. The number of amides is 1. The number of aromatic nitrogens is 2. The molecule has 23 heavy (non-hydrogen) atoms. The summed E-state index contributed by atoms with van der Waals surface area (Å²) in [7, 11) is 0. The van der Waals surface area contributed by atoms with Crippen LogP contribution >= 0.6 is 0 Å². The van der Waals surface area contributed by atoms with E-state index in [1.165, 1.54) is 24.4 Å². The second-order valence-corrected chi connectivity index (χ2v) is 5.64. The number of ether oxygens (including phenoxy) is 1. The number of hydrogen-bond donors (Lipinski definition) is 1. The van der Waals surface area contributed by atoms with Gasteiger partial charge in [0.05, 0.1) is 6.61 Å². The molecular formula is C16H19N3O4. The number of hydrogen-bond acceptors (Lipinski definition) is 5. The first kappa shape index (κ1) is 16.7. The van der Waals surface area contributed by atoms with Crippen LogP contribution in [-0.2, 0) is 9.53 Å². The Balaban J connectivity index is 2.39. The van der Waals surface area contributed by atoms with Crippen molar-refractivity contribution in [3.63, 3.8) is 0 Å². The minimum absolute atomic E-state index is 0.130. The van der Waals surface area contributed by atoms with E-state index in [-0.39, 0.29) is 12.2 Å². The predicted molar refractivity (Wildman–Crippen MR) is 84.4 cm³/mol. The Morgan fingerprint density at radius 2 is 2.04 bits per heavy atom. The third-order valence-electron chi connectivity index (χ3n) is 3.38. The fourth-order valence-corrected chi connectivity index (χ4v) is 2.14. The molecule has 0 aliphatic heterocycles. The van der Waals surface area contributed by atoms with Crippen molar-refractivity contribution in [3.05, 3.63) is 46.0 Å². The monoisotopic (exact) mass is 317 g/mol. The van der Waals surface area contributed by atoms with Gasteiger partial charge in [0, 0.05) is 11.9 Å². The molecule has 2 aromatic heterocycles. The molecule has 0 fully saturated rings. The zero-order valence-corrected chi connectivity index (χ0v) is 13.5. The van der Waals surface area contributed by atoms with E-state index in [0.717, 1.165) is 0 Å². The lowest BCUT2D eigenvalue weighted by Gasteiger charge is -2.23. The van der Waals surface area contributed by atoms with Crippen LogP contribution in [0.25, 0.3) is 5.65 Å². The van der Waals surface area contributed by atoms with Crippen LogP contribution in [0.15, 0.2) is 29.2 Å². The van der Waals surface area contributed by atoms with Crippen molar-refractivity contribution in [2.24, 2.45) is 0 Å². The zero-order valence-electron chi connectivity index (χ0n) is 13.5. The summed E-state index contributed by atoms with van der Waals surface area (Å²) in [6.45, 7) is 6.66. The van der Waals surface area contributed by atoms with Gasteiger partial charge in [-0.1, -0.05) is 6.07 Å². The Morgan fingerprint density at radius 1 is 1.35 bits per heavy atom. The van der Waals surface area contributed by atoms with Crippen molar-refractivity contribution in [2.45, 2.75) is 33.2 Å². The molecule has 1 N–H and O–H groups in total. The minimum Gasteiger partial charge on any atom is -0.464 e. The van der Waals surface area contributed by atoms with E-state index in [1.54, 1.807) is 32.0 Å². The van der Waals surface area contributed by atoms with E-state index >= 15 is 0 Å². The van der Waals surface area contributed by atoms with Gasteiger partial charge in [0.25, 0.3) is 11.5 Å². The van der Waals surface area contributed by atoms with Crippen LogP contribution in [0.1, 0.15) is 36.8 Å². The average Bonchev–Trinajstić information content (AvgIpc) is 2.47. The maximum atomic E-state index is 12.5. The number of esters is 1. The van der Waals surface area contributed by atoms with E-state index < -0.39 is 23.0 Å². The van der Waals surface area contributed by atoms with E-state index in [1.807, 2.05) is 0 Å². The third-order valence-corrected chi connectivity index (χ3v) is 3.38. The number of aryl methyl sites for hydroxylation is 1. The number of carbonyl (C=O) groups excluding carboxylic acids is 2. The standard InChI is InChI=1S/C16H19N3O4/c1-5-23-15(22)16(3,4)18-13(20)11-9-17-12-8-6-7-10(2)19(12)14(11)21/h6-9H,5H2,1-4H3,(H,18,20). The summed E-state index contributed by atoms with van der Waals surface area (Å²) in [6, 6.07) is 5.21. The Hall–Kier alpha value is -2.70. The molecule has 0 spiro atoms. The number of nitrogens with zero attached hydrogens (tertiary/aromatic N) is 2. The first-order valence-electron chi connectivity index (χ1n) is 7.25. The minimum atomic E-state index is -1.25. The van der Waals surface area contributed by atoms with Crippen LogP contribution in [-0.4, -0.2) is 33.4 Å². The summed E-state index contributed by atoms with van der Waals surface area (Å²) in [5.41, 5.74) is -0.736. The summed E-state index contributed by atoms with van der Waals surface area (Å²) < 4.78 is 6.26. The second-order valence-electron chi connectivity index (χ2n) is 5.64. The number of nitrogens with one attached hydrogen (secondary N) is 1. The van der Waals surface area contributed by atoms with E-state index in [4.69, 9.17) is 4.74 Å².